The van der Waals surface area contributed by atoms with Crippen LogP contribution in [-0.2, 0) is 61.3 Å². The van der Waals surface area contributed by atoms with Gasteiger partial charge in [0.05, 0.1) is 46.4 Å². The van der Waals surface area contributed by atoms with Crippen molar-refractivity contribution in [1.82, 2.24) is 29.9 Å². The molecule has 0 aliphatic carbocycles. The van der Waals surface area contributed by atoms with E-state index in [-0.39, 0.29) is 85.1 Å². The van der Waals surface area contributed by atoms with E-state index in [4.69, 9.17) is 30.1 Å². The van der Waals surface area contributed by atoms with Crippen molar-refractivity contribution >= 4 is 0 Å². The summed E-state index contributed by atoms with van der Waals surface area (Å²) in [5, 5.41) is 17.1. The van der Waals surface area contributed by atoms with Gasteiger partial charge in [-0.1, -0.05) is 121 Å². The van der Waals surface area contributed by atoms with Gasteiger partial charge in [0.2, 0.25) is 0 Å². The summed E-state index contributed by atoms with van der Waals surface area (Å²) in [5.74, 6) is -0.536. The predicted molar refractivity (Wildman–Crippen MR) is 319 cm³/mol. The number of aromatic nitrogens is 6. The first-order valence-electron chi connectivity index (χ1n) is 26.3. The minimum absolute atomic E-state index is 0. The smallest absolute Gasteiger partial charge is 0.123 e. The van der Waals surface area contributed by atoms with Crippen LogP contribution in [-0.4, -0.2) is 52.3 Å². The maximum Gasteiger partial charge on any atom is 0.123 e. The van der Waals surface area contributed by atoms with Crippen LogP contribution >= 0.6 is 0 Å². The fourth-order valence-electron chi connectivity index (χ4n) is 8.53. The molecule has 2 radical (unpaired) electrons. The summed E-state index contributed by atoms with van der Waals surface area (Å²) in [6.45, 7) is 3.32. The normalized spacial score (nSPS) is 10.9. The topological polar surface area (TPSA) is 118 Å². The van der Waals surface area contributed by atoms with E-state index in [1.165, 1.54) is 24.3 Å². The fourth-order valence-corrected chi connectivity index (χ4v) is 8.53. The minimum Gasteiger partial charge on any atom is -0.393 e. The Kier molecular flexibility index (Phi) is 25.8. The Morgan fingerprint density at radius 2 is 0.583 bits per heavy atom. The van der Waals surface area contributed by atoms with Crippen molar-refractivity contribution in [2.75, 3.05) is 0 Å². The molecule has 8 nitrogen and oxygen atoms in total. The van der Waals surface area contributed by atoms with Crippen LogP contribution in [0.5, 0.6) is 0 Å². The number of hydrogen-bond donors (Lipinski definition) is 2. The summed E-state index contributed by atoms with van der Waals surface area (Å²) in [6.07, 6.45) is 4.99. The number of nitrogens with zero attached hydrogens (tertiary/aromatic N) is 6. The molecule has 2 N–H and O–H groups in total. The van der Waals surface area contributed by atoms with Gasteiger partial charge >= 0.3 is 0 Å². The number of aliphatic hydroxyl groups is 2. The molecule has 3 heterocycles. The Labute approximate surface area is 530 Å². The molecule has 0 spiro atoms. The zero-order chi connectivity index (χ0) is 56.2. The first kappa shape index (κ1) is 65.1. The van der Waals surface area contributed by atoms with E-state index >= 15 is 0 Å². The zero-order valence-electron chi connectivity index (χ0n) is 45.5. The third-order valence-corrected chi connectivity index (χ3v) is 12.4. The molecule has 0 aliphatic rings. The first-order chi connectivity index (χ1) is 39.7. The molecule has 13 heteroatoms. The Morgan fingerprint density at radius 1 is 0.333 bits per heavy atom. The number of halogens is 2. The molecule has 426 valence electrons. The summed E-state index contributed by atoms with van der Waals surface area (Å²) in [7, 11) is 0. The molecule has 84 heavy (non-hydrogen) atoms. The number of hydrogen-bond acceptors (Lipinski definition) is 8. The number of rotatable bonds is 11. The molecule has 0 bridgehead atoms. The average molecular weight is 1640 g/mol. The van der Waals surface area contributed by atoms with Gasteiger partial charge in [-0.3, -0.25) is 15.0 Å². The van der Waals surface area contributed by atoms with Gasteiger partial charge in [0.15, 0.2) is 0 Å². The van der Waals surface area contributed by atoms with Gasteiger partial charge in [0.1, 0.15) is 11.6 Å². The molecule has 2 atom stereocenters. The van der Waals surface area contributed by atoms with Gasteiger partial charge in [-0.15, -0.1) is 108 Å². The molecule has 12 rings (SSSR count). The molecule has 0 fully saturated rings. The maximum atomic E-state index is 13.2. The fraction of sp³-hybridized carbons (Fsp3) is 0.0704. The summed E-state index contributed by atoms with van der Waals surface area (Å²) in [5.41, 5.74) is 15.6. The largest absolute Gasteiger partial charge is 0.393 e. The molecule has 12 aromatic rings. The van der Waals surface area contributed by atoms with Gasteiger partial charge in [0, 0.05) is 114 Å². The van der Waals surface area contributed by atoms with Crippen LogP contribution in [0.15, 0.2) is 261 Å². The molecular weight excluding hydrogens is 1590 g/mol. The van der Waals surface area contributed by atoms with E-state index < -0.39 is 0 Å². The zero-order valence-corrected chi connectivity index (χ0v) is 52.6. The summed E-state index contributed by atoms with van der Waals surface area (Å²) in [6, 6.07) is 85.6. The van der Waals surface area contributed by atoms with Crippen LogP contribution in [0.1, 0.15) is 20.3 Å². The van der Waals surface area contributed by atoms with Crippen LogP contribution in [0, 0.1) is 29.8 Å². The van der Waals surface area contributed by atoms with E-state index in [9.17, 15) is 8.78 Å². The number of benzene rings is 9. The molecule has 0 aliphatic heterocycles. The molecule has 2 unspecified atom stereocenters. The second-order valence-corrected chi connectivity index (χ2v) is 18.6. The monoisotopic (exact) mass is 1640 g/mol. The molecule has 0 saturated carbocycles. The van der Waals surface area contributed by atoms with Gasteiger partial charge < -0.3 is 25.2 Å². The van der Waals surface area contributed by atoms with Crippen molar-refractivity contribution in [3.63, 3.8) is 0 Å². The summed E-state index contributed by atoms with van der Waals surface area (Å²) < 4.78 is 26.4. The number of aliphatic hydroxyl groups excluding tert-OH is 2. The van der Waals surface area contributed by atoms with E-state index in [1.807, 2.05) is 188 Å². The molecular formula is C71H55F2Ir2N6O2Pt-3. The Hall–Kier alpha value is -8.01. The van der Waals surface area contributed by atoms with Crippen molar-refractivity contribution < 1.29 is 80.3 Å². The van der Waals surface area contributed by atoms with Crippen LogP contribution in [0.4, 0.5) is 8.78 Å². The van der Waals surface area contributed by atoms with Crippen molar-refractivity contribution in [3.8, 4) is 101 Å². The second kappa shape index (κ2) is 33.3. The molecule has 9 aromatic carbocycles. The SMILES string of the molecule is CC(O)CC(C)O.Fc1ccc(-c2cnc(-c3[c-]cccc3)c(-c3ccccc3)n2)cc1.Fc1ccc(-c2cnc(-c3[c-]cccc3)c(-c3ccccc3)n2)cc1.[Ir].[Ir].[Pt].[c-]1ccccc1-c1ncc(-c2ccccc2)nc1-c1ccccc1. The van der Waals surface area contributed by atoms with E-state index in [0.29, 0.717) is 17.8 Å². The van der Waals surface area contributed by atoms with Gasteiger partial charge in [-0.25, -0.2) is 8.78 Å². The third-order valence-electron chi connectivity index (χ3n) is 12.4. The van der Waals surface area contributed by atoms with Crippen LogP contribution in [0.3, 0.4) is 0 Å². The second-order valence-electron chi connectivity index (χ2n) is 18.6. The summed E-state index contributed by atoms with van der Waals surface area (Å²) in [4.78, 5) is 28.5. The van der Waals surface area contributed by atoms with Crippen LogP contribution in [0.2, 0.25) is 0 Å². The standard InChI is InChI=1S/2C22H14FN2.C22H15N2.C5H12O2.2Ir.Pt/c2*23-19-13-11-16(12-14-19)20-15-24-21(17-7-3-1-4-8-17)22(25-20)18-9-5-2-6-10-18;1-4-10-17(11-5-1)20-16-23-21(18-12-6-2-7-13-18)22(24-20)19-14-8-3-9-15-19;1-4(6)3-5(2)7;;;/h2*1-7,9-15H;1-12,14-16H;4-7H,3H2,1-2H3;;;/q3*-1;;;;. The minimum atomic E-state index is -0.375. The molecule has 3 aromatic heterocycles. The molecule has 0 saturated heterocycles. The quantitative estimate of drug-likeness (QED) is 0.123. The van der Waals surface area contributed by atoms with Crippen molar-refractivity contribution in [1.29, 1.82) is 0 Å². The van der Waals surface area contributed by atoms with Crippen LogP contribution in [0.25, 0.3) is 101 Å². The first-order valence-corrected chi connectivity index (χ1v) is 26.3. The molecule has 0 amide bonds. The average Bonchev–Trinajstić information content (AvgIpc) is 3.66. The van der Waals surface area contributed by atoms with Crippen molar-refractivity contribution in [2.45, 2.75) is 32.5 Å². The Bertz CT molecular complexity index is 3680. The van der Waals surface area contributed by atoms with Gasteiger partial charge in [-0.05, 0) is 85.5 Å². The Balaban J connectivity index is 0.000000188. The third kappa shape index (κ3) is 18.2. The van der Waals surface area contributed by atoms with Crippen molar-refractivity contribution in [3.05, 3.63) is 291 Å². The maximum absolute atomic E-state index is 13.2. The summed E-state index contributed by atoms with van der Waals surface area (Å²) >= 11 is 0. The van der Waals surface area contributed by atoms with Gasteiger partial charge in [-0.2, -0.15) is 0 Å². The van der Waals surface area contributed by atoms with Crippen molar-refractivity contribution in [2.24, 2.45) is 0 Å². The Morgan fingerprint density at radius 3 is 0.821 bits per heavy atom. The van der Waals surface area contributed by atoms with Crippen LogP contribution < -0.4 is 0 Å². The van der Waals surface area contributed by atoms with E-state index in [1.54, 1.807) is 50.5 Å². The van der Waals surface area contributed by atoms with E-state index in [0.717, 1.165) is 89.9 Å². The predicted octanol–water partition coefficient (Wildman–Crippen LogP) is 16.2. The van der Waals surface area contributed by atoms with E-state index in [2.05, 4.69) is 40.3 Å². The van der Waals surface area contributed by atoms with Gasteiger partial charge in [0.25, 0.3) is 0 Å².